The van der Waals surface area contributed by atoms with Crippen molar-refractivity contribution in [2.24, 2.45) is 0 Å². The third-order valence-electron chi connectivity index (χ3n) is 6.30. The highest BCUT2D eigenvalue weighted by Crippen LogP contribution is 2.23. The number of amides is 2. The Hall–Kier alpha value is -4.01. The zero-order valence-electron chi connectivity index (χ0n) is 20.6. The molecule has 0 aliphatic carbocycles. The molecule has 0 unspecified atom stereocenters. The van der Waals surface area contributed by atoms with Crippen molar-refractivity contribution in [2.75, 3.05) is 13.1 Å². The molecule has 3 aromatic rings. The van der Waals surface area contributed by atoms with Gasteiger partial charge in [0.2, 0.25) is 5.43 Å². The molecule has 2 aromatic carbocycles. The number of ether oxygens (including phenoxy) is 1. The zero-order chi connectivity index (χ0) is 26.4. The first-order chi connectivity index (χ1) is 17.9. The van der Waals surface area contributed by atoms with Crippen LogP contribution in [0.4, 0.5) is 8.78 Å². The third kappa shape index (κ3) is 6.04. The van der Waals surface area contributed by atoms with Crippen LogP contribution in [0.5, 0.6) is 5.75 Å². The average molecular weight is 510 g/mol. The van der Waals surface area contributed by atoms with Crippen LogP contribution in [0.15, 0.2) is 59.5 Å². The highest BCUT2D eigenvalue weighted by Gasteiger charge is 2.31. The number of carbonyl (C=O) groups is 2. The van der Waals surface area contributed by atoms with E-state index in [-0.39, 0.29) is 41.6 Å². The van der Waals surface area contributed by atoms with Crippen LogP contribution in [-0.2, 0) is 19.7 Å². The maximum absolute atomic E-state index is 14.0. The molecule has 0 spiro atoms. The molecule has 0 bridgehead atoms. The van der Waals surface area contributed by atoms with E-state index in [0.29, 0.717) is 19.6 Å². The van der Waals surface area contributed by atoms with E-state index < -0.39 is 23.0 Å². The first-order valence-electron chi connectivity index (χ1n) is 12.3. The summed E-state index contributed by atoms with van der Waals surface area (Å²) in [7, 11) is 0. The van der Waals surface area contributed by atoms with Crippen LogP contribution >= 0.6 is 0 Å². The molecule has 0 saturated heterocycles. The number of nitrogens with zero attached hydrogens (tertiary/aromatic N) is 2. The van der Waals surface area contributed by atoms with Crippen LogP contribution in [0.25, 0.3) is 0 Å². The van der Waals surface area contributed by atoms with Gasteiger partial charge in [-0.3, -0.25) is 14.4 Å². The van der Waals surface area contributed by atoms with Crippen molar-refractivity contribution < 1.29 is 23.1 Å². The van der Waals surface area contributed by atoms with Crippen molar-refractivity contribution in [3.05, 3.63) is 99.0 Å². The van der Waals surface area contributed by atoms with Gasteiger partial charge in [-0.05, 0) is 18.1 Å². The Morgan fingerprint density at radius 2 is 1.84 bits per heavy atom. The van der Waals surface area contributed by atoms with Crippen LogP contribution in [0.1, 0.15) is 58.2 Å². The smallest absolute Gasteiger partial charge is 0.274 e. The molecule has 0 atom stereocenters. The molecule has 0 radical (unpaired) electrons. The number of nitrogens with one attached hydrogen (secondary N) is 1. The van der Waals surface area contributed by atoms with Crippen molar-refractivity contribution in [1.82, 2.24) is 14.8 Å². The molecule has 9 heteroatoms. The van der Waals surface area contributed by atoms with Gasteiger partial charge in [-0.25, -0.2) is 8.78 Å². The van der Waals surface area contributed by atoms with Gasteiger partial charge in [0.15, 0.2) is 11.4 Å². The molecule has 2 heterocycles. The van der Waals surface area contributed by atoms with E-state index in [4.69, 9.17) is 4.74 Å². The number of fused-ring (bicyclic) bond motifs is 1. The fourth-order valence-electron chi connectivity index (χ4n) is 4.24. The topological polar surface area (TPSA) is 80.6 Å². The van der Waals surface area contributed by atoms with Crippen molar-refractivity contribution in [3.8, 4) is 5.75 Å². The lowest BCUT2D eigenvalue weighted by Gasteiger charge is -2.31. The monoisotopic (exact) mass is 509 g/mol. The van der Waals surface area contributed by atoms with Crippen molar-refractivity contribution in [1.29, 1.82) is 0 Å². The summed E-state index contributed by atoms with van der Waals surface area (Å²) in [6.07, 6.45) is 4.21. The van der Waals surface area contributed by atoms with Gasteiger partial charge in [0.25, 0.3) is 11.8 Å². The Bertz CT molecular complexity index is 1340. The van der Waals surface area contributed by atoms with Crippen molar-refractivity contribution in [3.63, 3.8) is 0 Å². The predicted octanol–water partition coefficient (Wildman–Crippen LogP) is 4.28. The van der Waals surface area contributed by atoms with E-state index in [1.165, 1.54) is 12.3 Å². The second-order valence-corrected chi connectivity index (χ2v) is 8.94. The molecule has 1 N–H and O–H groups in total. The number of pyridine rings is 1. The van der Waals surface area contributed by atoms with E-state index in [1.807, 2.05) is 30.3 Å². The Morgan fingerprint density at radius 1 is 1.05 bits per heavy atom. The summed E-state index contributed by atoms with van der Waals surface area (Å²) in [5, 5.41) is 2.51. The predicted molar refractivity (Wildman–Crippen MR) is 134 cm³/mol. The number of halogens is 2. The van der Waals surface area contributed by atoms with Crippen LogP contribution in [0, 0.1) is 11.6 Å². The van der Waals surface area contributed by atoms with Gasteiger partial charge >= 0.3 is 0 Å². The molecule has 2 amide bonds. The minimum absolute atomic E-state index is 0.0397. The second-order valence-electron chi connectivity index (χ2n) is 8.94. The Morgan fingerprint density at radius 3 is 2.57 bits per heavy atom. The fraction of sp³-hybridized carbons (Fsp3) is 0.321. The lowest BCUT2D eigenvalue weighted by Crippen LogP contribution is -2.43. The van der Waals surface area contributed by atoms with Gasteiger partial charge in [0.05, 0.1) is 0 Å². The molecule has 4 rings (SSSR count). The molecular weight excluding hydrogens is 480 g/mol. The number of hydrogen-bond donors (Lipinski definition) is 1. The number of benzene rings is 2. The summed E-state index contributed by atoms with van der Waals surface area (Å²) in [5.74, 6) is -2.78. The summed E-state index contributed by atoms with van der Waals surface area (Å²) in [6, 6.07) is 12.2. The number of aromatic nitrogens is 1. The first-order valence-corrected chi connectivity index (χ1v) is 12.3. The maximum Gasteiger partial charge on any atom is 0.274 e. The van der Waals surface area contributed by atoms with E-state index >= 15 is 0 Å². The van der Waals surface area contributed by atoms with Gasteiger partial charge in [0, 0.05) is 44.0 Å². The molecule has 1 aliphatic heterocycles. The highest BCUT2D eigenvalue weighted by atomic mass is 19.1. The minimum Gasteiger partial charge on any atom is -0.483 e. The quantitative estimate of drug-likeness (QED) is 0.414. The maximum atomic E-state index is 14.0. The number of carbonyl (C=O) groups excluding carboxylic acids is 2. The standard InChI is InChI=1S/C28H29F2N3O4/c1-2-3-7-12-32-13-14-33-17-22(27(35)31-16-20-10-11-21(29)15-23(20)30)25(34)26(24(33)28(32)36)37-18-19-8-5-4-6-9-19/h4-6,8-11,15,17H,2-3,7,12-14,16,18H2,1H3,(H,31,35). The summed E-state index contributed by atoms with van der Waals surface area (Å²) in [6.45, 7) is 3.29. The van der Waals surface area contributed by atoms with Crippen molar-refractivity contribution in [2.45, 2.75) is 45.9 Å². The molecular formula is C28H29F2N3O4. The van der Waals surface area contributed by atoms with Crippen molar-refractivity contribution >= 4 is 11.8 Å². The van der Waals surface area contributed by atoms with E-state index in [0.717, 1.165) is 37.0 Å². The van der Waals surface area contributed by atoms with Crippen LogP contribution in [-0.4, -0.2) is 34.4 Å². The Kier molecular flexibility index (Phi) is 8.32. The summed E-state index contributed by atoms with van der Waals surface area (Å²) < 4.78 is 34.7. The normalized spacial score (nSPS) is 12.8. The Balaban J connectivity index is 1.64. The second kappa shape index (κ2) is 11.8. The van der Waals surface area contributed by atoms with Gasteiger partial charge < -0.3 is 19.5 Å². The lowest BCUT2D eigenvalue weighted by molar-refractivity contribution is 0.0689. The zero-order valence-corrected chi connectivity index (χ0v) is 20.6. The average Bonchev–Trinajstić information content (AvgIpc) is 2.89. The largest absolute Gasteiger partial charge is 0.483 e. The van der Waals surface area contributed by atoms with E-state index in [9.17, 15) is 23.2 Å². The van der Waals surface area contributed by atoms with Gasteiger partial charge in [-0.15, -0.1) is 0 Å². The molecule has 194 valence electrons. The highest BCUT2D eigenvalue weighted by molar-refractivity contribution is 5.99. The van der Waals surface area contributed by atoms with Crippen LogP contribution in [0.2, 0.25) is 0 Å². The lowest BCUT2D eigenvalue weighted by atomic mass is 10.1. The van der Waals surface area contributed by atoms with Crippen LogP contribution in [0.3, 0.4) is 0 Å². The molecule has 7 nitrogen and oxygen atoms in total. The molecule has 1 aromatic heterocycles. The molecule has 1 aliphatic rings. The van der Waals surface area contributed by atoms with Gasteiger partial charge in [-0.2, -0.15) is 0 Å². The number of rotatable bonds is 10. The van der Waals surface area contributed by atoms with Crippen LogP contribution < -0.4 is 15.5 Å². The fourth-order valence-corrected chi connectivity index (χ4v) is 4.24. The minimum atomic E-state index is -0.803. The molecule has 37 heavy (non-hydrogen) atoms. The summed E-state index contributed by atoms with van der Waals surface area (Å²) in [5.41, 5.74) is 0.0472. The van der Waals surface area contributed by atoms with E-state index in [1.54, 1.807) is 9.47 Å². The summed E-state index contributed by atoms with van der Waals surface area (Å²) >= 11 is 0. The molecule has 0 saturated carbocycles. The molecule has 0 fully saturated rings. The first kappa shape index (κ1) is 26.1. The van der Waals surface area contributed by atoms with E-state index in [2.05, 4.69) is 12.2 Å². The third-order valence-corrected chi connectivity index (χ3v) is 6.30. The number of unbranched alkanes of at least 4 members (excludes halogenated alkanes) is 2. The van der Waals surface area contributed by atoms with Gasteiger partial charge in [0.1, 0.15) is 23.8 Å². The summed E-state index contributed by atoms with van der Waals surface area (Å²) in [4.78, 5) is 41.5. The number of hydrogen-bond acceptors (Lipinski definition) is 4. The SMILES string of the molecule is CCCCCN1CCn2cc(C(=O)NCc3ccc(F)cc3F)c(=O)c(OCc3ccccc3)c2C1=O. The Labute approximate surface area is 213 Å². The van der Waals surface area contributed by atoms with Gasteiger partial charge in [-0.1, -0.05) is 56.2 Å².